The lowest BCUT2D eigenvalue weighted by Crippen LogP contribution is -2.35. The van der Waals surface area contributed by atoms with E-state index in [-0.39, 0.29) is 36.4 Å². The van der Waals surface area contributed by atoms with Crippen LogP contribution in [0.2, 0.25) is 0 Å². The fourth-order valence-corrected chi connectivity index (χ4v) is 4.90. The fourth-order valence-electron chi connectivity index (χ4n) is 4.90. The van der Waals surface area contributed by atoms with Crippen molar-refractivity contribution >= 4 is 23.7 Å². The van der Waals surface area contributed by atoms with Crippen molar-refractivity contribution in [1.29, 1.82) is 0 Å². The van der Waals surface area contributed by atoms with Crippen LogP contribution in [0.4, 0.5) is 0 Å². The molecule has 2 fully saturated rings. The number of esters is 1. The summed E-state index contributed by atoms with van der Waals surface area (Å²) in [6.07, 6.45) is 7.97. The van der Waals surface area contributed by atoms with E-state index >= 15 is 0 Å². The second-order valence-corrected chi connectivity index (χ2v) is 8.89. The molecule has 5 nitrogen and oxygen atoms in total. The average Bonchev–Trinajstić information content (AvgIpc) is 3.18. The van der Waals surface area contributed by atoms with Gasteiger partial charge in [-0.25, -0.2) is 5.01 Å². The summed E-state index contributed by atoms with van der Waals surface area (Å²) in [5.41, 5.74) is 4.39. The smallest absolute Gasteiger partial charge is 0.309 e. The van der Waals surface area contributed by atoms with E-state index in [4.69, 9.17) is 9.84 Å². The first-order valence-corrected chi connectivity index (χ1v) is 11.6. The summed E-state index contributed by atoms with van der Waals surface area (Å²) in [6, 6.07) is 20.2. The minimum atomic E-state index is -0.257. The summed E-state index contributed by atoms with van der Waals surface area (Å²) >= 11 is 0. The Labute approximate surface area is 188 Å². The van der Waals surface area contributed by atoms with Crippen LogP contribution in [0, 0.1) is 11.8 Å². The van der Waals surface area contributed by atoms with Gasteiger partial charge in [0.1, 0.15) is 0 Å². The number of fused-ring (bicyclic) bond motifs is 1. The quantitative estimate of drug-likeness (QED) is 0.619. The van der Waals surface area contributed by atoms with Crippen LogP contribution in [0.15, 0.2) is 71.3 Å². The summed E-state index contributed by atoms with van der Waals surface area (Å²) in [5.74, 6) is -0.407. The monoisotopic (exact) mass is 428 g/mol. The van der Waals surface area contributed by atoms with Crippen LogP contribution in [0.1, 0.15) is 55.7 Å². The Hall–Kier alpha value is -3.21. The van der Waals surface area contributed by atoms with Gasteiger partial charge >= 0.3 is 5.97 Å². The SMILES string of the molecule is O=C(OCC(=O)N1N=C2C(=Cc3ccccc3)CCCC2C1c1ccccc1)C1CCC1. The van der Waals surface area contributed by atoms with Crippen LogP contribution < -0.4 is 0 Å². The van der Waals surface area contributed by atoms with Crippen LogP contribution in [0.5, 0.6) is 0 Å². The number of benzene rings is 2. The minimum Gasteiger partial charge on any atom is -0.455 e. The molecule has 2 aromatic rings. The maximum atomic E-state index is 13.2. The third kappa shape index (κ3) is 4.12. The summed E-state index contributed by atoms with van der Waals surface area (Å²) in [7, 11) is 0. The summed E-state index contributed by atoms with van der Waals surface area (Å²) in [5, 5.41) is 6.42. The van der Waals surface area contributed by atoms with E-state index in [0.29, 0.717) is 0 Å². The predicted molar refractivity (Wildman–Crippen MR) is 124 cm³/mol. The molecule has 5 heteroatoms. The molecule has 164 valence electrons. The largest absolute Gasteiger partial charge is 0.455 e. The molecule has 0 saturated heterocycles. The first kappa shape index (κ1) is 20.7. The molecule has 2 saturated carbocycles. The molecule has 32 heavy (non-hydrogen) atoms. The molecule has 2 atom stereocenters. The standard InChI is InChI=1S/C27H28N2O3/c30-24(18-32-27(31)21-13-7-14-21)29-26(20-11-5-2-6-12-20)23-16-8-15-22(25(23)28-29)17-19-9-3-1-4-10-19/h1-6,9-12,17,21,23,26H,7-8,13-16,18H2. The van der Waals surface area contributed by atoms with Gasteiger partial charge in [0, 0.05) is 5.92 Å². The molecule has 1 aliphatic heterocycles. The first-order valence-electron chi connectivity index (χ1n) is 11.6. The van der Waals surface area contributed by atoms with Crippen molar-refractivity contribution in [2.24, 2.45) is 16.9 Å². The molecule has 3 aliphatic rings. The molecule has 2 unspecified atom stereocenters. The zero-order chi connectivity index (χ0) is 21.9. The molecule has 0 N–H and O–H groups in total. The van der Waals surface area contributed by atoms with Crippen LogP contribution in [-0.4, -0.2) is 29.2 Å². The van der Waals surface area contributed by atoms with E-state index in [2.05, 4.69) is 30.3 Å². The van der Waals surface area contributed by atoms with Crippen molar-refractivity contribution in [2.45, 2.75) is 44.6 Å². The maximum absolute atomic E-state index is 13.2. The Balaban J connectivity index is 1.43. The molecule has 2 aliphatic carbocycles. The first-order chi connectivity index (χ1) is 15.7. The third-order valence-corrected chi connectivity index (χ3v) is 6.82. The average molecular weight is 429 g/mol. The van der Waals surface area contributed by atoms with Gasteiger partial charge in [-0.3, -0.25) is 9.59 Å². The zero-order valence-corrected chi connectivity index (χ0v) is 18.2. The maximum Gasteiger partial charge on any atom is 0.309 e. The highest BCUT2D eigenvalue weighted by molar-refractivity contribution is 6.08. The third-order valence-electron chi connectivity index (χ3n) is 6.82. The molecular formula is C27H28N2O3. The van der Waals surface area contributed by atoms with Gasteiger partial charge in [-0.15, -0.1) is 0 Å². The fraction of sp³-hybridized carbons (Fsp3) is 0.370. The van der Waals surface area contributed by atoms with Crippen molar-refractivity contribution in [3.8, 4) is 0 Å². The molecular weight excluding hydrogens is 400 g/mol. The van der Waals surface area contributed by atoms with Crippen molar-refractivity contribution in [2.75, 3.05) is 6.61 Å². The van der Waals surface area contributed by atoms with Crippen molar-refractivity contribution in [1.82, 2.24) is 5.01 Å². The Bertz CT molecular complexity index is 1040. The highest BCUT2D eigenvalue weighted by Crippen LogP contribution is 2.44. The van der Waals surface area contributed by atoms with Crippen molar-refractivity contribution < 1.29 is 14.3 Å². The number of allylic oxidation sites excluding steroid dienone is 1. The van der Waals surface area contributed by atoms with Crippen LogP contribution in [0.25, 0.3) is 6.08 Å². The molecule has 0 bridgehead atoms. The van der Waals surface area contributed by atoms with Crippen LogP contribution in [-0.2, 0) is 14.3 Å². The van der Waals surface area contributed by atoms with E-state index in [0.717, 1.165) is 55.4 Å². The molecule has 1 amide bonds. The Morgan fingerprint density at radius 3 is 2.38 bits per heavy atom. The van der Waals surface area contributed by atoms with Crippen molar-refractivity contribution in [3.63, 3.8) is 0 Å². The second kappa shape index (κ2) is 9.11. The van der Waals surface area contributed by atoms with Gasteiger partial charge in [-0.05, 0) is 54.9 Å². The number of hydrazone groups is 1. The van der Waals surface area contributed by atoms with E-state index < -0.39 is 0 Å². The van der Waals surface area contributed by atoms with Gasteiger partial charge in [-0.1, -0.05) is 67.1 Å². The summed E-state index contributed by atoms with van der Waals surface area (Å²) in [4.78, 5) is 25.4. The van der Waals surface area contributed by atoms with E-state index in [9.17, 15) is 9.59 Å². The Kier molecular flexibility index (Phi) is 5.89. The number of rotatable bonds is 5. The molecule has 0 radical (unpaired) electrons. The number of nitrogens with zero attached hydrogens (tertiary/aromatic N) is 2. The van der Waals surface area contributed by atoms with Gasteiger partial charge in [0.25, 0.3) is 5.91 Å². The van der Waals surface area contributed by atoms with Gasteiger partial charge in [0.15, 0.2) is 6.61 Å². The van der Waals surface area contributed by atoms with E-state index in [1.54, 1.807) is 5.01 Å². The summed E-state index contributed by atoms with van der Waals surface area (Å²) in [6.45, 7) is -0.250. The number of carbonyl (C=O) groups is 2. The lowest BCUT2D eigenvalue weighted by Gasteiger charge is -2.30. The normalized spacial score (nSPS) is 23.9. The number of hydrogen-bond donors (Lipinski definition) is 0. The molecule has 0 spiro atoms. The highest BCUT2D eigenvalue weighted by Gasteiger charge is 2.44. The lowest BCUT2D eigenvalue weighted by atomic mass is 9.77. The number of hydrogen-bond acceptors (Lipinski definition) is 4. The van der Waals surface area contributed by atoms with Gasteiger partial charge in [0.05, 0.1) is 17.7 Å². The number of ether oxygens (including phenoxy) is 1. The van der Waals surface area contributed by atoms with Crippen LogP contribution >= 0.6 is 0 Å². The zero-order valence-electron chi connectivity index (χ0n) is 18.2. The minimum absolute atomic E-state index is 0.0411. The molecule has 0 aromatic heterocycles. The van der Waals surface area contributed by atoms with Crippen molar-refractivity contribution in [3.05, 3.63) is 77.4 Å². The number of carbonyl (C=O) groups excluding carboxylic acids is 2. The topological polar surface area (TPSA) is 59.0 Å². The number of amides is 1. The highest BCUT2D eigenvalue weighted by atomic mass is 16.5. The van der Waals surface area contributed by atoms with Gasteiger partial charge < -0.3 is 4.74 Å². The lowest BCUT2D eigenvalue weighted by molar-refractivity contribution is -0.158. The van der Waals surface area contributed by atoms with Gasteiger partial charge in [0.2, 0.25) is 0 Å². The van der Waals surface area contributed by atoms with E-state index in [1.165, 1.54) is 5.57 Å². The van der Waals surface area contributed by atoms with Crippen LogP contribution in [0.3, 0.4) is 0 Å². The van der Waals surface area contributed by atoms with Gasteiger partial charge in [-0.2, -0.15) is 5.10 Å². The summed E-state index contributed by atoms with van der Waals surface area (Å²) < 4.78 is 5.37. The van der Waals surface area contributed by atoms with E-state index in [1.807, 2.05) is 36.4 Å². The second-order valence-electron chi connectivity index (χ2n) is 8.89. The molecule has 1 heterocycles. The Morgan fingerprint density at radius 2 is 1.69 bits per heavy atom. The molecule has 2 aromatic carbocycles. The molecule has 5 rings (SSSR count). The Morgan fingerprint density at radius 1 is 0.969 bits per heavy atom. The predicted octanol–water partition coefficient (Wildman–Crippen LogP) is 5.15.